The Kier molecular flexibility index (Phi) is 6.09. The molecule has 2 atom stereocenters. The van der Waals surface area contributed by atoms with Crippen molar-refractivity contribution in [2.45, 2.75) is 65.1 Å². The standard InChI is InChI=1S/C14H28N2O2/c1-10(2)8-12(17)9-16-7-5-6-13(14(16)18)15-11(3)4/h10-13,15,17H,5-9H2,1-4H3. The summed E-state index contributed by atoms with van der Waals surface area (Å²) in [7, 11) is 0. The van der Waals surface area contributed by atoms with Crippen LogP contribution >= 0.6 is 0 Å². The first kappa shape index (κ1) is 15.4. The first-order chi connectivity index (χ1) is 8.40. The minimum absolute atomic E-state index is 0.0648. The van der Waals surface area contributed by atoms with Crippen LogP contribution in [0.1, 0.15) is 47.0 Å². The van der Waals surface area contributed by atoms with Gasteiger partial charge in [0.1, 0.15) is 0 Å². The minimum atomic E-state index is -0.397. The zero-order chi connectivity index (χ0) is 13.7. The van der Waals surface area contributed by atoms with E-state index in [1.165, 1.54) is 0 Å². The molecule has 0 aliphatic carbocycles. The van der Waals surface area contributed by atoms with Crippen molar-refractivity contribution in [3.63, 3.8) is 0 Å². The summed E-state index contributed by atoms with van der Waals surface area (Å²) in [5.41, 5.74) is 0. The molecule has 0 spiro atoms. The predicted octanol–water partition coefficient (Wildman–Crippen LogP) is 1.38. The molecule has 1 fully saturated rings. The smallest absolute Gasteiger partial charge is 0.239 e. The molecule has 0 aromatic rings. The molecule has 0 aromatic carbocycles. The lowest BCUT2D eigenvalue weighted by atomic mass is 10.0. The number of amides is 1. The first-order valence-electron chi connectivity index (χ1n) is 7.13. The maximum Gasteiger partial charge on any atom is 0.239 e. The topological polar surface area (TPSA) is 52.6 Å². The third-order valence-electron chi connectivity index (χ3n) is 3.24. The van der Waals surface area contributed by atoms with Crippen molar-refractivity contribution in [2.24, 2.45) is 5.92 Å². The van der Waals surface area contributed by atoms with E-state index in [1.54, 1.807) is 0 Å². The van der Waals surface area contributed by atoms with Crippen molar-refractivity contribution in [3.8, 4) is 0 Å². The Morgan fingerprint density at radius 3 is 2.61 bits per heavy atom. The van der Waals surface area contributed by atoms with Crippen molar-refractivity contribution < 1.29 is 9.90 Å². The molecule has 4 nitrogen and oxygen atoms in total. The third-order valence-corrected chi connectivity index (χ3v) is 3.24. The largest absolute Gasteiger partial charge is 0.391 e. The number of aliphatic hydroxyl groups is 1. The van der Waals surface area contributed by atoms with Gasteiger partial charge >= 0.3 is 0 Å². The number of nitrogens with one attached hydrogen (secondary N) is 1. The molecule has 2 unspecified atom stereocenters. The number of hydrogen-bond donors (Lipinski definition) is 2. The van der Waals surface area contributed by atoms with Crippen LogP contribution in [0.3, 0.4) is 0 Å². The van der Waals surface area contributed by atoms with Gasteiger partial charge in [0.15, 0.2) is 0 Å². The van der Waals surface area contributed by atoms with Gasteiger partial charge in [0.05, 0.1) is 12.1 Å². The van der Waals surface area contributed by atoms with Crippen molar-refractivity contribution in [1.82, 2.24) is 10.2 Å². The maximum atomic E-state index is 12.2. The van der Waals surface area contributed by atoms with E-state index < -0.39 is 6.10 Å². The summed E-state index contributed by atoms with van der Waals surface area (Å²) in [6.45, 7) is 9.55. The summed E-state index contributed by atoms with van der Waals surface area (Å²) < 4.78 is 0. The van der Waals surface area contributed by atoms with E-state index in [0.29, 0.717) is 18.5 Å². The molecule has 0 aromatic heterocycles. The van der Waals surface area contributed by atoms with Crippen LogP contribution in [0.15, 0.2) is 0 Å². The van der Waals surface area contributed by atoms with Gasteiger partial charge in [-0.3, -0.25) is 4.79 Å². The van der Waals surface area contributed by atoms with Crippen molar-refractivity contribution in [1.29, 1.82) is 0 Å². The molecular weight excluding hydrogens is 228 g/mol. The number of hydrogen-bond acceptors (Lipinski definition) is 3. The molecule has 1 rings (SSSR count). The fraction of sp³-hybridized carbons (Fsp3) is 0.929. The van der Waals surface area contributed by atoms with E-state index in [-0.39, 0.29) is 11.9 Å². The molecular formula is C14H28N2O2. The molecule has 1 saturated heterocycles. The Labute approximate surface area is 111 Å². The Morgan fingerprint density at radius 1 is 1.39 bits per heavy atom. The summed E-state index contributed by atoms with van der Waals surface area (Å²) in [5.74, 6) is 0.613. The fourth-order valence-electron chi connectivity index (χ4n) is 2.55. The molecule has 1 aliphatic rings. The highest BCUT2D eigenvalue weighted by Gasteiger charge is 2.29. The predicted molar refractivity (Wildman–Crippen MR) is 73.3 cm³/mol. The van der Waals surface area contributed by atoms with E-state index in [9.17, 15) is 9.90 Å². The zero-order valence-corrected chi connectivity index (χ0v) is 12.1. The normalized spacial score (nSPS) is 22.9. The molecule has 0 saturated carbocycles. The second kappa shape index (κ2) is 7.10. The Morgan fingerprint density at radius 2 is 2.06 bits per heavy atom. The number of piperidine rings is 1. The van der Waals surface area contributed by atoms with E-state index >= 15 is 0 Å². The van der Waals surface area contributed by atoms with Crippen LogP contribution < -0.4 is 5.32 Å². The summed E-state index contributed by atoms with van der Waals surface area (Å²) in [4.78, 5) is 14.1. The van der Waals surface area contributed by atoms with Crippen molar-refractivity contribution in [3.05, 3.63) is 0 Å². The number of aliphatic hydroxyl groups excluding tert-OH is 1. The SMILES string of the molecule is CC(C)CC(O)CN1CCCC(NC(C)C)C1=O. The number of carbonyl (C=O) groups is 1. The molecule has 1 aliphatic heterocycles. The van der Waals surface area contributed by atoms with Crippen LogP contribution in [0, 0.1) is 5.92 Å². The number of β-amino-alcohol motifs (C(OH)–C–C–N with tert-alkyl or cyclic N) is 1. The highest BCUT2D eigenvalue weighted by atomic mass is 16.3. The number of likely N-dealkylation sites (tertiary alicyclic amines) is 1. The maximum absolute atomic E-state index is 12.2. The summed E-state index contributed by atoms with van der Waals surface area (Å²) in [6, 6.07) is 0.254. The van der Waals surface area contributed by atoms with Gasteiger partial charge in [-0.25, -0.2) is 0 Å². The van der Waals surface area contributed by atoms with E-state index in [1.807, 2.05) is 4.90 Å². The van der Waals surface area contributed by atoms with Crippen LogP contribution in [0.25, 0.3) is 0 Å². The second-order valence-electron chi connectivity index (χ2n) is 6.08. The summed E-state index contributed by atoms with van der Waals surface area (Å²) in [5, 5.41) is 13.2. The van der Waals surface area contributed by atoms with Crippen LogP contribution in [0.4, 0.5) is 0 Å². The molecule has 1 amide bonds. The highest BCUT2D eigenvalue weighted by Crippen LogP contribution is 2.14. The number of nitrogens with zero attached hydrogens (tertiary/aromatic N) is 1. The summed E-state index contributed by atoms with van der Waals surface area (Å²) in [6.07, 6.45) is 2.29. The zero-order valence-electron chi connectivity index (χ0n) is 12.1. The van der Waals surface area contributed by atoms with Crippen molar-refractivity contribution in [2.75, 3.05) is 13.1 Å². The van der Waals surface area contributed by atoms with Gasteiger partial charge in [-0.15, -0.1) is 0 Å². The molecule has 18 heavy (non-hydrogen) atoms. The van der Waals surface area contributed by atoms with Gasteiger partial charge in [-0.05, 0) is 25.2 Å². The lowest BCUT2D eigenvalue weighted by molar-refractivity contribution is -0.137. The highest BCUT2D eigenvalue weighted by molar-refractivity contribution is 5.82. The van der Waals surface area contributed by atoms with Gasteiger partial charge in [0, 0.05) is 19.1 Å². The average Bonchev–Trinajstić information content (AvgIpc) is 2.22. The molecule has 1 heterocycles. The van der Waals surface area contributed by atoms with Crippen molar-refractivity contribution >= 4 is 5.91 Å². The minimum Gasteiger partial charge on any atom is -0.391 e. The fourth-order valence-corrected chi connectivity index (χ4v) is 2.55. The molecule has 0 radical (unpaired) electrons. The van der Waals surface area contributed by atoms with Crippen LogP contribution in [-0.2, 0) is 4.79 Å². The molecule has 2 N–H and O–H groups in total. The van der Waals surface area contributed by atoms with Gasteiger partial charge in [0.25, 0.3) is 0 Å². The van der Waals surface area contributed by atoms with Gasteiger partial charge in [-0.1, -0.05) is 27.7 Å². The van der Waals surface area contributed by atoms with Gasteiger partial charge < -0.3 is 15.3 Å². The van der Waals surface area contributed by atoms with Crippen LogP contribution in [0.2, 0.25) is 0 Å². The number of rotatable bonds is 6. The first-order valence-corrected chi connectivity index (χ1v) is 7.13. The molecule has 0 bridgehead atoms. The van der Waals surface area contributed by atoms with Gasteiger partial charge in [-0.2, -0.15) is 0 Å². The van der Waals surface area contributed by atoms with E-state index in [4.69, 9.17) is 0 Å². The third kappa shape index (κ3) is 4.94. The average molecular weight is 256 g/mol. The van der Waals surface area contributed by atoms with Gasteiger partial charge in [0.2, 0.25) is 5.91 Å². The molecule has 4 heteroatoms. The number of carbonyl (C=O) groups excluding carboxylic acids is 1. The Hall–Kier alpha value is -0.610. The summed E-state index contributed by atoms with van der Waals surface area (Å²) >= 11 is 0. The van der Waals surface area contributed by atoms with E-state index in [0.717, 1.165) is 25.8 Å². The Balaban J connectivity index is 2.47. The molecule has 106 valence electrons. The lowest BCUT2D eigenvalue weighted by Crippen LogP contribution is -2.53. The quantitative estimate of drug-likeness (QED) is 0.755. The van der Waals surface area contributed by atoms with Crippen LogP contribution in [-0.4, -0.2) is 47.2 Å². The second-order valence-corrected chi connectivity index (χ2v) is 6.08. The monoisotopic (exact) mass is 256 g/mol. The van der Waals surface area contributed by atoms with E-state index in [2.05, 4.69) is 33.0 Å². The lowest BCUT2D eigenvalue weighted by Gasteiger charge is -2.35. The Bertz CT molecular complexity index is 267. The van der Waals surface area contributed by atoms with Crippen LogP contribution in [0.5, 0.6) is 0 Å².